The van der Waals surface area contributed by atoms with Crippen LogP contribution in [0.5, 0.6) is 0 Å². The van der Waals surface area contributed by atoms with Gasteiger partial charge in [-0.15, -0.1) is 11.3 Å². The molecule has 0 saturated carbocycles. The summed E-state index contributed by atoms with van der Waals surface area (Å²) in [4.78, 5) is 42.5. The van der Waals surface area contributed by atoms with Crippen molar-refractivity contribution < 1.29 is 23.2 Å². The van der Waals surface area contributed by atoms with Gasteiger partial charge < -0.3 is 5.32 Å². The quantitative estimate of drug-likeness (QED) is 0.575. The number of carbonyl (C=O) groups is 3. The highest BCUT2D eigenvalue weighted by molar-refractivity contribution is 7.14. The van der Waals surface area contributed by atoms with Crippen molar-refractivity contribution in [2.75, 3.05) is 11.9 Å². The van der Waals surface area contributed by atoms with Crippen LogP contribution >= 0.6 is 11.3 Å². The zero-order valence-electron chi connectivity index (χ0n) is 16.4. The Balaban J connectivity index is 1.31. The highest BCUT2D eigenvalue weighted by Crippen LogP contribution is 2.27. The number of amides is 3. The minimum absolute atomic E-state index is 0.0898. The Kier molecular flexibility index (Phi) is 5.60. The second-order valence-electron chi connectivity index (χ2n) is 7.13. The van der Waals surface area contributed by atoms with Crippen molar-refractivity contribution in [2.24, 2.45) is 0 Å². The molecule has 0 atom stereocenters. The average molecular weight is 441 g/mol. The first-order chi connectivity index (χ1) is 14.8. The first-order valence-electron chi connectivity index (χ1n) is 9.51. The van der Waals surface area contributed by atoms with Crippen molar-refractivity contribution >= 4 is 34.2 Å². The summed E-state index contributed by atoms with van der Waals surface area (Å²) in [6.45, 7) is 1.98. The lowest BCUT2D eigenvalue weighted by Crippen LogP contribution is -2.31. The number of fused-ring (bicyclic) bond motifs is 1. The molecule has 2 aromatic carbocycles. The molecule has 0 saturated heterocycles. The Morgan fingerprint density at radius 1 is 1.06 bits per heavy atom. The molecule has 0 spiro atoms. The number of thiazole rings is 1. The van der Waals surface area contributed by atoms with Crippen molar-refractivity contribution in [3.05, 3.63) is 70.1 Å². The number of rotatable bonds is 6. The van der Waals surface area contributed by atoms with Crippen molar-refractivity contribution in [1.29, 1.82) is 0 Å². The van der Waals surface area contributed by atoms with Gasteiger partial charge in [0.15, 0.2) is 16.8 Å². The van der Waals surface area contributed by atoms with Gasteiger partial charge in [-0.1, -0.05) is 11.6 Å². The van der Waals surface area contributed by atoms with Gasteiger partial charge in [0, 0.05) is 23.9 Å². The summed E-state index contributed by atoms with van der Waals surface area (Å²) >= 11 is 1.16. The number of carbonyl (C=O) groups excluding carboxylic acids is 3. The van der Waals surface area contributed by atoms with Crippen molar-refractivity contribution in [3.63, 3.8) is 0 Å². The van der Waals surface area contributed by atoms with Gasteiger partial charge in [0.2, 0.25) is 5.91 Å². The number of hydrogen-bond acceptors (Lipinski definition) is 5. The van der Waals surface area contributed by atoms with Crippen LogP contribution < -0.4 is 5.32 Å². The van der Waals surface area contributed by atoms with Gasteiger partial charge in [-0.05, 0) is 43.7 Å². The summed E-state index contributed by atoms with van der Waals surface area (Å²) in [7, 11) is 0. The van der Waals surface area contributed by atoms with Crippen LogP contribution in [0.15, 0.2) is 41.8 Å². The maximum Gasteiger partial charge on any atom is 0.261 e. The highest BCUT2D eigenvalue weighted by Gasteiger charge is 2.34. The van der Waals surface area contributed by atoms with Crippen molar-refractivity contribution in [1.82, 2.24) is 9.88 Å². The molecule has 1 aliphatic heterocycles. The molecule has 1 aromatic heterocycles. The molecule has 31 heavy (non-hydrogen) atoms. The molecule has 0 unspecified atom stereocenters. The largest absolute Gasteiger partial charge is 0.302 e. The van der Waals surface area contributed by atoms with E-state index in [1.807, 2.05) is 6.92 Å². The van der Waals surface area contributed by atoms with Crippen LogP contribution in [0.1, 0.15) is 39.1 Å². The van der Waals surface area contributed by atoms with Gasteiger partial charge in [0.25, 0.3) is 11.8 Å². The standard InChI is InChI=1S/C22H17F2N3O3S/c1-12-4-6-14-15(9-12)21(30)27(20(14)29)8-2-3-19(28)26-22-25-18(11-31-22)13-5-7-16(23)17(24)10-13/h4-7,9-11H,2-3,8H2,1H3,(H,25,26,28). The van der Waals surface area contributed by atoms with Crippen LogP contribution in [-0.2, 0) is 4.79 Å². The first kappa shape index (κ1) is 20.8. The molecule has 0 fully saturated rings. The molecule has 0 bridgehead atoms. The van der Waals surface area contributed by atoms with Crippen LogP contribution in [-0.4, -0.2) is 34.2 Å². The second kappa shape index (κ2) is 8.35. The number of aromatic nitrogens is 1. The van der Waals surface area contributed by atoms with Crippen LogP contribution in [0.4, 0.5) is 13.9 Å². The molecule has 6 nitrogen and oxygen atoms in total. The van der Waals surface area contributed by atoms with E-state index in [1.165, 1.54) is 6.07 Å². The predicted octanol–water partition coefficient (Wildman–Crippen LogP) is 4.41. The summed E-state index contributed by atoms with van der Waals surface area (Å²) in [6, 6.07) is 8.58. The minimum Gasteiger partial charge on any atom is -0.302 e. The summed E-state index contributed by atoms with van der Waals surface area (Å²) in [5, 5.41) is 4.59. The van der Waals surface area contributed by atoms with E-state index in [0.29, 0.717) is 33.9 Å². The Hall–Kier alpha value is -3.46. The SMILES string of the molecule is Cc1ccc2c(c1)C(=O)N(CCCC(=O)Nc1nc(-c3ccc(F)c(F)c3)cs1)C2=O. The third kappa shape index (κ3) is 4.22. The molecule has 0 radical (unpaired) electrons. The molecule has 3 amide bonds. The van der Waals surface area contributed by atoms with Crippen LogP contribution in [0.3, 0.4) is 0 Å². The fourth-order valence-electron chi connectivity index (χ4n) is 3.31. The third-order valence-corrected chi connectivity index (χ3v) is 5.64. The van der Waals surface area contributed by atoms with E-state index < -0.39 is 11.6 Å². The van der Waals surface area contributed by atoms with E-state index >= 15 is 0 Å². The van der Waals surface area contributed by atoms with Crippen LogP contribution in [0, 0.1) is 18.6 Å². The van der Waals surface area contributed by atoms with E-state index in [-0.39, 0.29) is 30.7 Å². The van der Waals surface area contributed by atoms with Crippen molar-refractivity contribution in [3.8, 4) is 11.3 Å². The Morgan fingerprint density at radius 3 is 2.61 bits per heavy atom. The van der Waals surface area contributed by atoms with Gasteiger partial charge in [0.05, 0.1) is 16.8 Å². The molecular formula is C22H17F2N3O3S. The highest BCUT2D eigenvalue weighted by atomic mass is 32.1. The number of nitrogens with zero attached hydrogens (tertiary/aromatic N) is 2. The summed E-state index contributed by atoms with van der Waals surface area (Å²) in [5.41, 5.74) is 2.49. The maximum absolute atomic E-state index is 13.4. The normalized spacial score (nSPS) is 12.9. The lowest BCUT2D eigenvalue weighted by molar-refractivity contribution is -0.116. The molecular weight excluding hydrogens is 424 g/mol. The zero-order chi connectivity index (χ0) is 22.1. The molecule has 0 aliphatic carbocycles. The lowest BCUT2D eigenvalue weighted by atomic mass is 10.1. The molecule has 2 heterocycles. The molecule has 4 rings (SSSR count). The zero-order valence-corrected chi connectivity index (χ0v) is 17.3. The molecule has 9 heteroatoms. The Morgan fingerprint density at radius 2 is 1.84 bits per heavy atom. The molecule has 158 valence electrons. The summed E-state index contributed by atoms with van der Waals surface area (Å²) < 4.78 is 26.5. The number of aryl methyl sites for hydroxylation is 1. The van der Waals surface area contributed by atoms with E-state index in [0.717, 1.165) is 33.9 Å². The average Bonchev–Trinajstić information content (AvgIpc) is 3.28. The van der Waals surface area contributed by atoms with E-state index in [2.05, 4.69) is 10.3 Å². The first-order valence-corrected chi connectivity index (χ1v) is 10.4. The maximum atomic E-state index is 13.4. The number of anilines is 1. The topological polar surface area (TPSA) is 79.4 Å². The van der Waals surface area contributed by atoms with Gasteiger partial charge in [-0.25, -0.2) is 13.8 Å². The fraction of sp³-hybridized carbons (Fsp3) is 0.182. The van der Waals surface area contributed by atoms with E-state index in [9.17, 15) is 23.2 Å². The number of halogens is 2. The number of hydrogen-bond donors (Lipinski definition) is 1. The molecule has 1 aliphatic rings. The predicted molar refractivity (Wildman–Crippen MR) is 112 cm³/mol. The van der Waals surface area contributed by atoms with Crippen LogP contribution in [0.25, 0.3) is 11.3 Å². The Labute approximate surface area is 180 Å². The lowest BCUT2D eigenvalue weighted by Gasteiger charge is -2.13. The molecule has 1 N–H and O–H groups in total. The minimum atomic E-state index is -0.973. The van der Waals surface area contributed by atoms with E-state index in [1.54, 1.807) is 23.6 Å². The van der Waals surface area contributed by atoms with Gasteiger partial charge in [-0.3, -0.25) is 19.3 Å². The fourth-order valence-corrected chi connectivity index (χ4v) is 4.04. The smallest absolute Gasteiger partial charge is 0.261 e. The molecule has 3 aromatic rings. The number of imide groups is 1. The second-order valence-corrected chi connectivity index (χ2v) is 7.99. The van der Waals surface area contributed by atoms with Gasteiger partial charge in [0.1, 0.15) is 0 Å². The van der Waals surface area contributed by atoms with Gasteiger partial charge >= 0.3 is 0 Å². The van der Waals surface area contributed by atoms with E-state index in [4.69, 9.17) is 0 Å². The van der Waals surface area contributed by atoms with Crippen molar-refractivity contribution in [2.45, 2.75) is 19.8 Å². The summed E-state index contributed by atoms with van der Waals surface area (Å²) in [5.74, 6) is -2.93. The monoisotopic (exact) mass is 441 g/mol. The Bertz CT molecular complexity index is 1210. The number of benzene rings is 2. The third-order valence-electron chi connectivity index (χ3n) is 4.88. The van der Waals surface area contributed by atoms with Crippen LogP contribution in [0.2, 0.25) is 0 Å². The van der Waals surface area contributed by atoms with Gasteiger partial charge in [-0.2, -0.15) is 0 Å². The number of nitrogens with one attached hydrogen (secondary N) is 1. The summed E-state index contributed by atoms with van der Waals surface area (Å²) in [6.07, 6.45) is 0.393.